The summed E-state index contributed by atoms with van der Waals surface area (Å²) in [5, 5.41) is 28.8. The fourth-order valence-electron chi connectivity index (χ4n) is 5.26. The molecule has 5 atom stereocenters. The molecule has 0 aliphatic rings. The monoisotopic (exact) mass is 839 g/mol. The average molecular weight is 840 g/mol. The molecule has 13 nitrogen and oxygen atoms in total. The van der Waals surface area contributed by atoms with Gasteiger partial charge in [-0.25, -0.2) is 4.57 Å². The van der Waals surface area contributed by atoms with Gasteiger partial charge in [0.15, 0.2) is 6.10 Å². The fourth-order valence-corrected chi connectivity index (χ4v) is 6.04. The Balaban J connectivity index is 4.64. The summed E-state index contributed by atoms with van der Waals surface area (Å²) < 4.78 is 32.5. The van der Waals surface area contributed by atoms with E-state index < -0.39 is 69.9 Å². The van der Waals surface area contributed by atoms with Crippen molar-refractivity contribution in [2.24, 2.45) is 5.73 Å². The van der Waals surface area contributed by atoms with E-state index in [1.165, 1.54) is 57.8 Å². The van der Waals surface area contributed by atoms with Crippen molar-refractivity contribution in [2.45, 2.75) is 167 Å². The lowest BCUT2D eigenvalue weighted by molar-refractivity contribution is -0.161. The van der Waals surface area contributed by atoms with Gasteiger partial charge in [-0.1, -0.05) is 164 Å². The first-order valence-electron chi connectivity index (χ1n) is 21.2. The number of phosphoric acid groups is 1. The Bertz CT molecular complexity index is 1290. The van der Waals surface area contributed by atoms with Crippen molar-refractivity contribution in [1.82, 2.24) is 0 Å². The van der Waals surface area contributed by atoms with Crippen LogP contribution in [0.5, 0.6) is 0 Å². The van der Waals surface area contributed by atoms with Crippen LogP contribution in [0.4, 0.5) is 0 Å². The maximum atomic E-state index is 12.6. The lowest BCUT2D eigenvalue weighted by Crippen LogP contribution is -2.34. The third-order valence-corrected chi connectivity index (χ3v) is 9.60. The molecule has 0 fully saturated rings. The van der Waals surface area contributed by atoms with Crippen LogP contribution in [0.25, 0.3) is 0 Å². The van der Waals surface area contributed by atoms with Crippen LogP contribution in [-0.4, -0.2) is 82.3 Å². The number of rotatable bonds is 38. The molecule has 6 N–H and O–H groups in total. The van der Waals surface area contributed by atoms with Crippen LogP contribution >= 0.6 is 7.82 Å². The quantitative estimate of drug-likeness (QED) is 0.0129. The van der Waals surface area contributed by atoms with Crippen molar-refractivity contribution in [3.63, 3.8) is 0 Å². The molecule has 0 aromatic carbocycles. The topological polar surface area (TPSA) is 212 Å². The zero-order valence-corrected chi connectivity index (χ0v) is 36.0. The van der Waals surface area contributed by atoms with Gasteiger partial charge in [0.05, 0.1) is 25.4 Å². The van der Waals surface area contributed by atoms with Gasteiger partial charge in [0.1, 0.15) is 12.6 Å². The summed E-state index contributed by atoms with van der Waals surface area (Å²) in [5.74, 6) is -2.58. The summed E-state index contributed by atoms with van der Waals surface area (Å²) >= 11 is 0. The number of carboxylic acid groups (broad SMARTS) is 1. The van der Waals surface area contributed by atoms with Crippen molar-refractivity contribution < 1.29 is 57.7 Å². The van der Waals surface area contributed by atoms with Crippen LogP contribution < -0.4 is 5.73 Å². The number of allylic oxidation sites excluding steroid dienone is 8. The summed E-state index contributed by atoms with van der Waals surface area (Å²) in [5.41, 5.74) is 5.31. The van der Waals surface area contributed by atoms with Gasteiger partial charge in [0, 0.05) is 12.8 Å². The van der Waals surface area contributed by atoms with Crippen LogP contribution in [0, 0.1) is 0 Å². The van der Waals surface area contributed by atoms with Crippen LogP contribution in [-0.2, 0) is 37.5 Å². The molecule has 0 saturated carbocycles. The molecule has 0 amide bonds. The Morgan fingerprint density at radius 1 is 0.638 bits per heavy atom. The van der Waals surface area contributed by atoms with Gasteiger partial charge in [-0.3, -0.25) is 23.4 Å². The summed E-state index contributed by atoms with van der Waals surface area (Å²) in [6, 6.07) is -1.55. The van der Waals surface area contributed by atoms with Crippen molar-refractivity contribution in [1.29, 1.82) is 0 Å². The first-order chi connectivity index (χ1) is 27.9. The van der Waals surface area contributed by atoms with Crippen LogP contribution in [0.1, 0.15) is 142 Å². The van der Waals surface area contributed by atoms with Gasteiger partial charge in [-0.15, -0.1) is 0 Å². The number of aliphatic carboxylic acids is 1. The smallest absolute Gasteiger partial charge is 0.472 e. The Kier molecular flexibility index (Phi) is 36.0. The normalized spacial score (nSPS) is 15.6. The van der Waals surface area contributed by atoms with Gasteiger partial charge < -0.3 is 35.4 Å². The molecule has 0 spiro atoms. The molecule has 14 heteroatoms. The third kappa shape index (κ3) is 37.1. The zero-order valence-electron chi connectivity index (χ0n) is 35.1. The molecular weight excluding hydrogens is 765 g/mol. The van der Waals surface area contributed by atoms with E-state index in [0.29, 0.717) is 32.1 Å². The maximum Gasteiger partial charge on any atom is 0.472 e. The number of hydrogen-bond acceptors (Lipinski definition) is 11. The number of unbranched alkanes of at least 4 members (excludes halogenated alkanes) is 12. The predicted octanol–water partition coefficient (Wildman–Crippen LogP) is 8.89. The number of carbonyl (C=O) groups excluding carboxylic acids is 2. The van der Waals surface area contributed by atoms with Crippen LogP contribution in [0.3, 0.4) is 0 Å². The van der Waals surface area contributed by atoms with Gasteiger partial charge in [-0.05, 0) is 38.5 Å². The maximum absolute atomic E-state index is 12.6. The highest BCUT2D eigenvalue weighted by atomic mass is 31.2. The zero-order chi connectivity index (χ0) is 43.1. The molecule has 0 heterocycles. The summed E-state index contributed by atoms with van der Waals surface area (Å²) in [7, 11) is -4.76. The van der Waals surface area contributed by atoms with E-state index in [9.17, 15) is 34.1 Å². The summed E-state index contributed by atoms with van der Waals surface area (Å²) in [6.07, 6.45) is 37.6. The fraction of sp³-hybridized carbons (Fsp3) is 0.659. The molecule has 0 saturated heterocycles. The van der Waals surface area contributed by atoms with Crippen molar-refractivity contribution in [3.8, 4) is 0 Å². The van der Waals surface area contributed by atoms with Crippen LogP contribution in [0.2, 0.25) is 0 Å². The van der Waals surface area contributed by atoms with E-state index >= 15 is 0 Å². The second-order valence-corrected chi connectivity index (χ2v) is 15.6. The standard InChI is InChI=1S/C44H74NO12P/c1-3-5-7-8-9-10-11-12-13-14-15-19-27-33-42(48)54-35-40(36-55-58(52,53)56-37-41(45)44(50)51)57-43(49)34-28-20-17-16-18-24-30-39(47)32-26-22-21-25-31-38(46)29-23-6-4-2/h6,17-18,20-26,31-32,38-41,46-47H,3-5,7-16,19,27-30,33-37,45H2,1-2H3,(H,50,51)(H,52,53)/b20-17-,22-21-,23-6-,24-18-,31-25+,32-26+/t38-,39+,40+,41-/m0/s1. The van der Waals surface area contributed by atoms with Crippen molar-refractivity contribution >= 4 is 25.7 Å². The van der Waals surface area contributed by atoms with Gasteiger partial charge in [0.2, 0.25) is 0 Å². The van der Waals surface area contributed by atoms with E-state index in [-0.39, 0.29) is 12.8 Å². The molecule has 0 aliphatic carbocycles. The van der Waals surface area contributed by atoms with E-state index in [2.05, 4.69) is 11.4 Å². The Labute approximate surface area is 347 Å². The largest absolute Gasteiger partial charge is 0.480 e. The molecule has 0 aliphatic heterocycles. The van der Waals surface area contributed by atoms with Gasteiger partial charge in [-0.2, -0.15) is 0 Å². The first kappa shape index (κ1) is 54.8. The Morgan fingerprint density at radius 2 is 1.16 bits per heavy atom. The highest BCUT2D eigenvalue weighted by Crippen LogP contribution is 2.43. The molecule has 1 unspecified atom stereocenters. The molecule has 58 heavy (non-hydrogen) atoms. The number of phosphoric ester groups is 1. The van der Waals surface area contributed by atoms with Gasteiger partial charge in [0.25, 0.3) is 0 Å². The van der Waals surface area contributed by atoms with Crippen LogP contribution in [0.15, 0.2) is 72.9 Å². The Morgan fingerprint density at radius 3 is 1.71 bits per heavy atom. The van der Waals surface area contributed by atoms with Gasteiger partial charge >= 0.3 is 25.7 Å². The molecule has 0 rings (SSSR count). The number of aliphatic hydroxyl groups is 2. The number of ether oxygens (including phenoxy) is 2. The summed E-state index contributed by atoms with van der Waals surface area (Å²) in [4.78, 5) is 45.9. The minimum Gasteiger partial charge on any atom is -0.480 e. The Hall–Kier alpha value is -3.16. The molecule has 0 radical (unpaired) electrons. The lowest BCUT2D eigenvalue weighted by atomic mass is 10.0. The van der Waals surface area contributed by atoms with E-state index in [4.69, 9.17) is 24.8 Å². The number of carboxylic acids is 1. The third-order valence-electron chi connectivity index (χ3n) is 8.65. The molecule has 0 bridgehead atoms. The molecular formula is C44H74NO12P. The van der Waals surface area contributed by atoms with E-state index in [1.54, 1.807) is 42.5 Å². The number of hydrogen-bond donors (Lipinski definition) is 5. The predicted molar refractivity (Wildman–Crippen MR) is 229 cm³/mol. The van der Waals surface area contributed by atoms with Crippen molar-refractivity contribution in [3.05, 3.63) is 72.9 Å². The number of aliphatic hydroxyl groups excluding tert-OH is 2. The van der Waals surface area contributed by atoms with Crippen molar-refractivity contribution in [2.75, 3.05) is 19.8 Å². The number of carbonyl (C=O) groups is 3. The first-order valence-corrected chi connectivity index (χ1v) is 22.7. The second kappa shape index (κ2) is 38.1. The molecule has 0 aromatic heterocycles. The average Bonchev–Trinajstić information content (AvgIpc) is 3.19. The number of esters is 2. The lowest BCUT2D eigenvalue weighted by Gasteiger charge is -2.20. The molecule has 332 valence electrons. The number of nitrogens with two attached hydrogens (primary N) is 1. The molecule has 0 aromatic rings. The minimum atomic E-state index is -4.76. The SMILES string of the molecule is CC/C=C\C[C@H](O)/C=C/C=C\C=C\[C@H](O)C/C=C\C/C=C\CCC(=O)O[C@H](COC(=O)CCCCCCCCCCCCCCC)COP(=O)(O)OC[C@H](N)C(=O)O. The highest BCUT2D eigenvalue weighted by molar-refractivity contribution is 7.47. The second-order valence-electron chi connectivity index (χ2n) is 14.1. The minimum absolute atomic E-state index is 0.0224. The highest BCUT2D eigenvalue weighted by Gasteiger charge is 2.28. The summed E-state index contributed by atoms with van der Waals surface area (Å²) in [6.45, 7) is 2.42. The van der Waals surface area contributed by atoms with E-state index in [0.717, 1.165) is 25.7 Å². The van der Waals surface area contributed by atoms with E-state index in [1.807, 2.05) is 37.3 Å².